The average molecular weight is 509 g/mol. The number of anilines is 1. The van der Waals surface area contributed by atoms with Crippen molar-refractivity contribution in [2.45, 2.75) is 64.6 Å². The molecule has 0 bridgehead atoms. The molecule has 2 aromatic rings. The van der Waals surface area contributed by atoms with Gasteiger partial charge in [-0.05, 0) is 47.1 Å². The number of aliphatic hydroxyl groups is 1. The van der Waals surface area contributed by atoms with Crippen molar-refractivity contribution in [3.63, 3.8) is 0 Å². The molecule has 0 unspecified atom stereocenters. The van der Waals surface area contributed by atoms with Gasteiger partial charge < -0.3 is 20.9 Å². The van der Waals surface area contributed by atoms with E-state index in [0.29, 0.717) is 36.0 Å². The van der Waals surface area contributed by atoms with Crippen LogP contribution in [0.25, 0.3) is 0 Å². The second-order valence-corrected chi connectivity index (χ2v) is 12.9. The first-order chi connectivity index (χ1) is 15.9. The van der Waals surface area contributed by atoms with E-state index < -0.39 is 27.9 Å². The Morgan fingerprint density at radius 1 is 1.18 bits per heavy atom. The molecular weight excluding hydrogens is 472 g/mol. The van der Waals surface area contributed by atoms with Crippen LogP contribution in [0.4, 0.5) is 5.69 Å². The molecular formula is C26H37ClN2O4S. The summed E-state index contributed by atoms with van der Waals surface area (Å²) in [7, 11) is -3.32. The Labute approximate surface area is 208 Å². The van der Waals surface area contributed by atoms with Crippen molar-refractivity contribution >= 4 is 27.1 Å². The fourth-order valence-electron chi connectivity index (χ4n) is 4.35. The summed E-state index contributed by atoms with van der Waals surface area (Å²) in [5.74, 6) is -0.127. The zero-order valence-electron chi connectivity index (χ0n) is 20.5. The van der Waals surface area contributed by atoms with E-state index in [1.54, 1.807) is 12.1 Å². The Kier molecular flexibility index (Phi) is 8.56. The summed E-state index contributed by atoms with van der Waals surface area (Å²) < 4.78 is 31.1. The molecule has 3 rings (SSSR count). The first-order valence-electron chi connectivity index (χ1n) is 11.8. The molecule has 2 aromatic carbocycles. The molecule has 0 amide bonds. The lowest BCUT2D eigenvalue weighted by Crippen LogP contribution is -2.54. The standard InChI is InChI=1S/C26H37ClN2O4S/c1-5-9-33-23-13-18(12-21(27)24(23)28)10-19-15-34(31,32)16-22(25(19)30)29-14-17-7-6-8-20(11-17)26(2,3)4/h6-8,11-13,19,22,25,29-30H,5,9-10,14-16,28H2,1-4H3/t19-,22+,25+/m1/s1. The quantitative estimate of drug-likeness (QED) is 0.464. The first kappa shape index (κ1) is 26.8. The number of rotatable bonds is 8. The molecule has 6 nitrogen and oxygen atoms in total. The van der Waals surface area contributed by atoms with Crippen LogP contribution in [0.5, 0.6) is 5.75 Å². The molecule has 1 aliphatic heterocycles. The molecule has 34 heavy (non-hydrogen) atoms. The fourth-order valence-corrected chi connectivity index (χ4v) is 6.55. The van der Waals surface area contributed by atoms with E-state index in [0.717, 1.165) is 17.5 Å². The highest BCUT2D eigenvalue weighted by Crippen LogP contribution is 2.34. The Morgan fingerprint density at radius 2 is 1.91 bits per heavy atom. The average Bonchev–Trinajstić information content (AvgIpc) is 2.75. The van der Waals surface area contributed by atoms with Gasteiger partial charge in [-0.25, -0.2) is 8.42 Å². The van der Waals surface area contributed by atoms with E-state index in [2.05, 4.69) is 38.2 Å². The van der Waals surface area contributed by atoms with Crippen molar-refractivity contribution in [1.29, 1.82) is 0 Å². The largest absolute Gasteiger partial charge is 0.491 e. The maximum Gasteiger partial charge on any atom is 0.152 e. The van der Waals surface area contributed by atoms with Crippen LogP contribution in [0.1, 0.15) is 50.8 Å². The summed E-state index contributed by atoms with van der Waals surface area (Å²) in [5.41, 5.74) is 9.49. The number of halogens is 1. The van der Waals surface area contributed by atoms with Gasteiger partial charge in [0.15, 0.2) is 9.84 Å². The second-order valence-electron chi connectivity index (χ2n) is 10.3. The summed E-state index contributed by atoms with van der Waals surface area (Å²) in [5, 5.41) is 14.8. The van der Waals surface area contributed by atoms with Crippen molar-refractivity contribution in [2.75, 3.05) is 23.8 Å². The molecule has 8 heteroatoms. The molecule has 0 saturated carbocycles. The van der Waals surface area contributed by atoms with Gasteiger partial charge in [-0.15, -0.1) is 0 Å². The van der Waals surface area contributed by atoms with Crippen LogP contribution < -0.4 is 15.8 Å². The van der Waals surface area contributed by atoms with Crippen LogP contribution in [-0.2, 0) is 28.2 Å². The second kappa shape index (κ2) is 10.9. The summed E-state index contributed by atoms with van der Waals surface area (Å²) in [4.78, 5) is 0. The zero-order valence-corrected chi connectivity index (χ0v) is 22.0. The van der Waals surface area contributed by atoms with E-state index in [9.17, 15) is 13.5 Å². The van der Waals surface area contributed by atoms with Crippen LogP contribution in [0, 0.1) is 5.92 Å². The van der Waals surface area contributed by atoms with Crippen LogP contribution >= 0.6 is 11.6 Å². The molecule has 3 atom stereocenters. The number of nitrogen functional groups attached to an aromatic ring is 1. The number of benzene rings is 2. The molecule has 0 aliphatic carbocycles. The van der Waals surface area contributed by atoms with Gasteiger partial charge in [-0.1, -0.05) is 63.6 Å². The summed E-state index contributed by atoms with van der Waals surface area (Å²) >= 11 is 6.30. The Morgan fingerprint density at radius 3 is 2.59 bits per heavy atom. The normalized spacial score (nSPS) is 22.5. The van der Waals surface area contributed by atoms with Crippen molar-refractivity contribution in [3.05, 3.63) is 58.1 Å². The van der Waals surface area contributed by atoms with Crippen LogP contribution in [0.3, 0.4) is 0 Å². The van der Waals surface area contributed by atoms with Crippen molar-refractivity contribution < 1.29 is 18.3 Å². The lowest BCUT2D eigenvalue weighted by Gasteiger charge is -2.35. The topological polar surface area (TPSA) is 102 Å². The predicted octanol–water partition coefficient (Wildman–Crippen LogP) is 4.11. The van der Waals surface area contributed by atoms with E-state index in [1.165, 1.54) is 5.56 Å². The Balaban J connectivity index is 1.75. The van der Waals surface area contributed by atoms with Gasteiger partial charge in [0.25, 0.3) is 0 Å². The van der Waals surface area contributed by atoms with E-state index in [-0.39, 0.29) is 16.9 Å². The van der Waals surface area contributed by atoms with Gasteiger partial charge in [-0.2, -0.15) is 0 Å². The smallest absolute Gasteiger partial charge is 0.152 e. The van der Waals surface area contributed by atoms with Gasteiger partial charge in [-0.3, -0.25) is 0 Å². The molecule has 1 aliphatic rings. The number of ether oxygens (including phenoxy) is 1. The minimum atomic E-state index is -3.32. The first-order valence-corrected chi connectivity index (χ1v) is 14.0. The fraction of sp³-hybridized carbons (Fsp3) is 0.538. The van der Waals surface area contributed by atoms with Crippen molar-refractivity contribution in [2.24, 2.45) is 5.92 Å². The van der Waals surface area contributed by atoms with Crippen LogP contribution in [0.2, 0.25) is 5.02 Å². The summed E-state index contributed by atoms with van der Waals surface area (Å²) in [6, 6.07) is 11.2. The predicted molar refractivity (Wildman–Crippen MR) is 139 cm³/mol. The third-order valence-electron chi connectivity index (χ3n) is 6.27. The molecule has 188 valence electrons. The van der Waals surface area contributed by atoms with Gasteiger partial charge in [0.1, 0.15) is 5.75 Å². The Hall–Kier alpha value is -1.80. The zero-order chi connectivity index (χ0) is 25.1. The highest BCUT2D eigenvalue weighted by atomic mass is 35.5. The number of hydrogen-bond acceptors (Lipinski definition) is 6. The molecule has 1 fully saturated rings. The summed E-state index contributed by atoms with van der Waals surface area (Å²) in [6.45, 7) is 9.46. The SMILES string of the molecule is CCCOc1cc(C[C@@H]2CS(=O)(=O)C[C@H](NCc3cccc(C(C)(C)C)c3)[C@H]2O)cc(Cl)c1N. The molecule has 0 spiro atoms. The highest BCUT2D eigenvalue weighted by molar-refractivity contribution is 7.91. The minimum absolute atomic E-state index is 0.0227. The number of aliphatic hydroxyl groups excluding tert-OH is 1. The summed E-state index contributed by atoms with van der Waals surface area (Å²) in [6.07, 6.45) is 0.374. The third-order valence-corrected chi connectivity index (χ3v) is 8.38. The Bertz CT molecular complexity index is 1100. The third kappa shape index (κ3) is 6.87. The molecule has 0 radical (unpaired) electrons. The minimum Gasteiger partial charge on any atom is -0.491 e. The lowest BCUT2D eigenvalue weighted by atomic mass is 9.86. The van der Waals surface area contributed by atoms with Crippen molar-refractivity contribution in [3.8, 4) is 5.75 Å². The number of nitrogens with one attached hydrogen (secondary N) is 1. The van der Waals surface area contributed by atoms with Crippen molar-refractivity contribution in [1.82, 2.24) is 5.32 Å². The number of sulfone groups is 1. The molecule has 1 heterocycles. The van der Waals surface area contributed by atoms with Crippen LogP contribution in [-0.4, -0.2) is 43.8 Å². The molecule has 0 aromatic heterocycles. The maximum absolute atomic E-state index is 12.7. The van der Waals surface area contributed by atoms with E-state index in [4.69, 9.17) is 22.1 Å². The number of nitrogens with two attached hydrogens (primary N) is 1. The van der Waals surface area contributed by atoms with Gasteiger partial charge in [0.2, 0.25) is 0 Å². The number of hydrogen-bond donors (Lipinski definition) is 3. The highest BCUT2D eigenvalue weighted by Gasteiger charge is 2.39. The lowest BCUT2D eigenvalue weighted by molar-refractivity contribution is 0.0781. The monoisotopic (exact) mass is 508 g/mol. The van der Waals surface area contributed by atoms with Crippen LogP contribution in [0.15, 0.2) is 36.4 Å². The molecule has 1 saturated heterocycles. The van der Waals surface area contributed by atoms with Gasteiger partial charge in [0.05, 0.1) is 34.9 Å². The van der Waals surface area contributed by atoms with Gasteiger partial charge >= 0.3 is 0 Å². The molecule has 4 N–H and O–H groups in total. The maximum atomic E-state index is 12.7. The van der Waals surface area contributed by atoms with E-state index in [1.807, 2.05) is 19.1 Å². The van der Waals surface area contributed by atoms with E-state index >= 15 is 0 Å². The van der Waals surface area contributed by atoms with Gasteiger partial charge in [0, 0.05) is 18.5 Å².